The van der Waals surface area contributed by atoms with Crippen LogP contribution in [0.15, 0.2) is 53.6 Å². The van der Waals surface area contributed by atoms with E-state index in [1.165, 1.54) is 5.56 Å². The van der Waals surface area contributed by atoms with Crippen LogP contribution in [0.5, 0.6) is 11.5 Å². The average Bonchev–Trinajstić information content (AvgIpc) is 2.68. The first-order chi connectivity index (χ1) is 13.1. The Labute approximate surface area is 161 Å². The van der Waals surface area contributed by atoms with Gasteiger partial charge in [-0.25, -0.2) is 5.43 Å². The molecule has 2 aromatic carbocycles. The quantitative estimate of drug-likeness (QED) is 0.381. The summed E-state index contributed by atoms with van der Waals surface area (Å²) in [6.45, 7) is 7.04. The summed E-state index contributed by atoms with van der Waals surface area (Å²) in [4.78, 5) is 11.8. The Bertz CT molecular complexity index is 722. The molecule has 5 nitrogen and oxygen atoms in total. The van der Waals surface area contributed by atoms with Crippen LogP contribution in [-0.4, -0.2) is 25.3 Å². The van der Waals surface area contributed by atoms with Gasteiger partial charge in [0.05, 0.1) is 12.8 Å². The second kappa shape index (κ2) is 11.0. The van der Waals surface area contributed by atoms with Crippen LogP contribution < -0.4 is 14.9 Å². The van der Waals surface area contributed by atoms with Crippen molar-refractivity contribution in [2.45, 2.75) is 39.5 Å². The van der Waals surface area contributed by atoms with Gasteiger partial charge in [-0.3, -0.25) is 4.79 Å². The molecule has 0 radical (unpaired) electrons. The molecule has 0 bridgehead atoms. The molecule has 144 valence electrons. The molecule has 0 saturated heterocycles. The number of ether oxygens (including phenoxy) is 2. The molecular weight excluding hydrogens is 340 g/mol. The van der Waals surface area contributed by atoms with E-state index >= 15 is 0 Å². The van der Waals surface area contributed by atoms with Gasteiger partial charge in [0.25, 0.3) is 5.91 Å². The fraction of sp³-hybridized carbons (Fsp3) is 0.364. The zero-order valence-corrected chi connectivity index (χ0v) is 16.3. The third-order valence-corrected chi connectivity index (χ3v) is 3.97. The maximum absolute atomic E-state index is 11.8. The molecule has 0 fully saturated rings. The molecule has 0 aliphatic carbocycles. The fourth-order valence-corrected chi connectivity index (χ4v) is 2.29. The van der Waals surface area contributed by atoms with E-state index in [1.54, 1.807) is 6.21 Å². The summed E-state index contributed by atoms with van der Waals surface area (Å²) in [7, 11) is 0. The van der Waals surface area contributed by atoms with E-state index in [2.05, 4.69) is 31.3 Å². The number of hydrogen-bond acceptors (Lipinski definition) is 4. The van der Waals surface area contributed by atoms with Crippen molar-refractivity contribution in [1.82, 2.24) is 5.43 Å². The zero-order chi connectivity index (χ0) is 19.5. The summed E-state index contributed by atoms with van der Waals surface area (Å²) in [5.41, 5.74) is 4.57. The molecular formula is C22H28N2O3. The van der Waals surface area contributed by atoms with Gasteiger partial charge >= 0.3 is 0 Å². The van der Waals surface area contributed by atoms with Gasteiger partial charge in [0.15, 0.2) is 6.61 Å². The molecule has 0 unspecified atom stereocenters. The van der Waals surface area contributed by atoms with E-state index in [9.17, 15) is 4.79 Å². The molecule has 0 spiro atoms. The number of carbonyl (C=O) groups is 1. The van der Waals surface area contributed by atoms with Gasteiger partial charge in [-0.1, -0.05) is 39.3 Å². The summed E-state index contributed by atoms with van der Waals surface area (Å²) >= 11 is 0. The van der Waals surface area contributed by atoms with Crippen LogP contribution in [0.1, 0.15) is 50.7 Å². The number of hydrogen-bond donors (Lipinski definition) is 1. The van der Waals surface area contributed by atoms with Crippen molar-refractivity contribution in [2.24, 2.45) is 5.10 Å². The van der Waals surface area contributed by atoms with Crippen LogP contribution in [-0.2, 0) is 4.79 Å². The molecule has 0 heterocycles. The summed E-state index contributed by atoms with van der Waals surface area (Å²) in [5.74, 6) is 1.66. The first kappa shape index (κ1) is 20.5. The normalized spacial score (nSPS) is 11.0. The number of rotatable bonds is 10. The number of unbranched alkanes of at least 4 members (excludes halogenated alkanes) is 1. The summed E-state index contributed by atoms with van der Waals surface area (Å²) in [5, 5.41) is 3.95. The minimum Gasteiger partial charge on any atom is -0.494 e. The van der Waals surface area contributed by atoms with E-state index in [4.69, 9.17) is 9.47 Å². The van der Waals surface area contributed by atoms with Gasteiger partial charge in [-0.05, 0) is 59.9 Å². The SMILES string of the molecule is CCCCOc1ccc(C=NNC(=O)COc2ccc(C(C)C)cc2)cc1. The zero-order valence-electron chi connectivity index (χ0n) is 16.3. The fourth-order valence-electron chi connectivity index (χ4n) is 2.29. The lowest BCUT2D eigenvalue weighted by Gasteiger charge is -2.08. The highest BCUT2D eigenvalue weighted by Gasteiger charge is 2.03. The molecule has 2 rings (SSSR count). The molecule has 0 atom stereocenters. The lowest BCUT2D eigenvalue weighted by atomic mass is 10.0. The number of benzene rings is 2. The van der Waals surface area contributed by atoms with Gasteiger partial charge in [-0.15, -0.1) is 0 Å². The van der Waals surface area contributed by atoms with Gasteiger partial charge in [0.1, 0.15) is 11.5 Å². The van der Waals surface area contributed by atoms with E-state index < -0.39 is 0 Å². The summed E-state index contributed by atoms with van der Waals surface area (Å²) in [6, 6.07) is 15.3. The molecule has 0 aliphatic heterocycles. The predicted octanol–water partition coefficient (Wildman–Crippen LogP) is 4.52. The summed E-state index contributed by atoms with van der Waals surface area (Å²) in [6.07, 6.45) is 3.74. The number of carbonyl (C=O) groups excluding carboxylic acids is 1. The second-order valence-electron chi connectivity index (χ2n) is 6.58. The minimum atomic E-state index is -0.307. The van der Waals surface area contributed by atoms with Crippen molar-refractivity contribution in [3.63, 3.8) is 0 Å². The smallest absolute Gasteiger partial charge is 0.277 e. The number of nitrogens with one attached hydrogen (secondary N) is 1. The largest absolute Gasteiger partial charge is 0.494 e. The van der Waals surface area contributed by atoms with E-state index in [1.807, 2.05) is 48.5 Å². The number of amides is 1. The highest BCUT2D eigenvalue weighted by atomic mass is 16.5. The Hall–Kier alpha value is -2.82. The van der Waals surface area contributed by atoms with E-state index in [0.29, 0.717) is 11.7 Å². The Morgan fingerprint density at radius 1 is 1.04 bits per heavy atom. The van der Waals surface area contributed by atoms with Gasteiger partial charge < -0.3 is 9.47 Å². The molecule has 0 aromatic heterocycles. The maximum Gasteiger partial charge on any atom is 0.277 e. The summed E-state index contributed by atoms with van der Waals surface area (Å²) < 4.78 is 11.1. The first-order valence-electron chi connectivity index (χ1n) is 9.36. The van der Waals surface area contributed by atoms with E-state index in [0.717, 1.165) is 30.8 Å². The lowest BCUT2D eigenvalue weighted by Crippen LogP contribution is -2.24. The van der Waals surface area contributed by atoms with Gasteiger partial charge in [0, 0.05) is 0 Å². The molecule has 0 aliphatic rings. The standard InChI is InChI=1S/C22H28N2O3/c1-4-5-14-26-20-10-6-18(7-11-20)15-23-24-22(25)16-27-21-12-8-19(9-13-21)17(2)3/h6-13,15,17H,4-5,14,16H2,1-3H3,(H,24,25). The van der Waals surface area contributed by atoms with Crippen LogP contribution in [0.4, 0.5) is 0 Å². The maximum atomic E-state index is 11.8. The molecule has 5 heteroatoms. The van der Waals surface area contributed by atoms with Crippen molar-refractivity contribution in [3.05, 3.63) is 59.7 Å². The van der Waals surface area contributed by atoms with Crippen molar-refractivity contribution < 1.29 is 14.3 Å². The molecule has 27 heavy (non-hydrogen) atoms. The topological polar surface area (TPSA) is 59.9 Å². The predicted molar refractivity (Wildman–Crippen MR) is 109 cm³/mol. The van der Waals surface area contributed by atoms with Crippen molar-refractivity contribution in [1.29, 1.82) is 0 Å². The van der Waals surface area contributed by atoms with Crippen molar-refractivity contribution in [3.8, 4) is 11.5 Å². The molecule has 1 N–H and O–H groups in total. The Morgan fingerprint density at radius 3 is 2.30 bits per heavy atom. The van der Waals surface area contributed by atoms with Crippen molar-refractivity contribution >= 4 is 12.1 Å². The van der Waals surface area contributed by atoms with Crippen LogP contribution in [0, 0.1) is 0 Å². The number of nitrogens with zero attached hydrogens (tertiary/aromatic N) is 1. The highest BCUT2D eigenvalue weighted by Crippen LogP contribution is 2.18. The minimum absolute atomic E-state index is 0.0808. The Morgan fingerprint density at radius 2 is 1.67 bits per heavy atom. The van der Waals surface area contributed by atoms with Gasteiger partial charge in [0.2, 0.25) is 0 Å². The van der Waals surface area contributed by atoms with Crippen LogP contribution >= 0.6 is 0 Å². The lowest BCUT2D eigenvalue weighted by molar-refractivity contribution is -0.123. The van der Waals surface area contributed by atoms with Crippen LogP contribution in [0.3, 0.4) is 0 Å². The molecule has 1 amide bonds. The monoisotopic (exact) mass is 368 g/mol. The molecule has 2 aromatic rings. The highest BCUT2D eigenvalue weighted by molar-refractivity contribution is 5.83. The van der Waals surface area contributed by atoms with Crippen molar-refractivity contribution in [2.75, 3.05) is 13.2 Å². The average molecular weight is 368 g/mol. The Balaban J connectivity index is 1.72. The van der Waals surface area contributed by atoms with Crippen LogP contribution in [0.2, 0.25) is 0 Å². The number of hydrazone groups is 1. The molecule has 0 saturated carbocycles. The van der Waals surface area contributed by atoms with E-state index in [-0.39, 0.29) is 12.5 Å². The third-order valence-electron chi connectivity index (χ3n) is 3.97. The van der Waals surface area contributed by atoms with Crippen LogP contribution in [0.25, 0.3) is 0 Å². The third kappa shape index (κ3) is 7.52. The Kier molecular flexibility index (Phi) is 8.36. The van der Waals surface area contributed by atoms with Gasteiger partial charge in [-0.2, -0.15) is 5.10 Å². The second-order valence-corrected chi connectivity index (χ2v) is 6.58. The first-order valence-corrected chi connectivity index (χ1v) is 9.36.